The average molecular weight is 473 g/mol. The molecule has 1 saturated carbocycles. The van der Waals surface area contributed by atoms with Crippen molar-refractivity contribution in [1.29, 1.82) is 0 Å². The number of ether oxygens (including phenoxy) is 2. The van der Waals surface area contributed by atoms with Crippen LogP contribution in [-0.2, 0) is 33.0 Å². The highest BCUT2D eigenvalue weighted by atomic mass is 19.3. The number of amides is 1. The van der Waals surface area contributed by atoms with Gasteiger partial charge >= 0.3 is 0 Å². The van der Waals surface area contributed by atoms with E-state index < -0.39 is 12.2 Å². The van der Waals surface area contributed by atoms with Crippen LogP contribution in [0.2, 0.25) is 0 Å². The second-order valence-corrected chi connectivity index (χ2v) is 9.78. The number of nitrogens with zero attached hydrogens (tertiary/aromatic N) is 2. The molecule has 0 spiro atoms. The second kappa shape index (κ2) is 8.53. The lowest BCUT2D eigenvalue weighted by molar-refractivity contribution is -0.121. The van der Waals surface area contributed by atoms with Gasteiger partial charge in [-0.15, -0.1) is 0 Å². The molecule has 1 amide bonds. The van der Waals surface area contributed by atoms with E-state index in [9.17, 15) is 13.6 Å². The van der Waals surface area contributed by atoms with Crippen LogP contribution in [0.4, 0.5) is 14.6 Å². The van der Waals surface area contributed by atoms with Crippen LogP contribution in [-0.4, -0.2) is 34.6 Å². The zero-order chi connectivity index (χ0) is 24.1. The van der Waals surface area contributed by atoms with Crippen LogP contribution in [0.25, 0.3) is 0 Å². The molecule has 9 heteroatoms. The molecule has 7 nitrogen and oxygen atoms in total. The summed E-state index contributed by atoms with van der Waals surface area (Å²) in [5.74, 6) is -1.91. The van der Waals surface area contributed by atoms with Gasteiger partial charge in [0.1, 0.15) is 11.6 Å². The molecule has 2 N–H and O–H groups in total. The molecule has 182 valence electrons. The van der Waals surface area contributed by atoms with Gasteiger partial charge < -0.3 is 20.1 Å². The van der Waals surface area contributed by atoms with E-state index in [0.29, 0.717) is 48.1 Å². The highest BCUT2D eigenvalue weighted by molar-refractivity contribution is 5.80. The second-order valence-electron chi connectivity index (χ2n) is 9.78. The first kappa shape index (κ1) is 23.1. The number of hydrogen-bond donors (Lipinski definition) is 2. The van der Waals surface area contributed by atoms with Gasteiger partial charge in [0, 0.05) is 17.5 Å². The first-order chi connectivity index (χ1) is 16.2. The maximum absolute atomic E-state index is 14.3. The molecule has 2 aromatic rings. The number of hydrogen-bond acceptors (Lipinski definition) is 6. The van der Waals surface area contributed by atoms with Gasteiger partial charge in [0.25, 0.3) is 5.92 Å². The first-order valence-electron chi connectivity index (χ1n) is 11.8. The quantitative estimate of drug-likeness (QED) is 0.627. The highest BCUT2D eigenvalue weighted by Gasteiger charge is 2.41. The Morgan fingerprint density at radius 1 is 1.21 bits per heavy atom. The van der Waals surface area contributed by atoms with Crippen molar-refractivity contribution in [2.24, 2.45) is 0 Å². The lowest BCUT2D eigenvalue weighted by Gasteiger charge is -2.24. The van der Waals surface area contributed by atoms with Gasteiger partial charge in [-0.05, 0) is 51.2 Å². The summed E-state index contributed by atoms with van der Waals surface area (Å²) in [5, 5.41) is 6.45. The number of nitrogens with one attached hydrogen (secondary N) is 2. The highest BCUT2D eigenvalue weighted by Crippen LogP contribution is 2.44. The molecule has 2 fully saturated rings. The van der Waals surface area contributed by atoms with Crippen LogP contribution in [0.5, 0.6) is 0 Å². The van der Waals surface area contributed by atoms with Gasteiger partial charge in [-0.1, -0.05) is 18.2 Å². The monoisotopic (exact) mass is 472 g/mol. The van der Waals surface area contributed by atoms with Crippen LogP contribution in [0, 0.1) is 6.92 Å². The number of halogens is 2. The van der Waals surface area contributed by atoms with E-state index in [-0.39, 0.29) is 35.9 Å². The molecule has 1 unspecified atom stereocenters. The van der Waals surface area contributed by atoms with Crippen molar-refractivity contribution < 1.29 is 23.0 Å². The maximum Gasteiger partial charge on any atom is 0.273 e. The summed E-state index contributed by atoms with van der Waals surface area (Å²) in [6.07, 6.45) is 1.47. The Labute approximate surface area is 197 Å². The van der Waals surface area contributed by atoms with Crippen molar-refractivity contribution in [2.45, 2.75) is 76.7 Å². The Bertz CT molecular complexity index is 1110. The summed E-state index contributed by atoms with van der Waals surface area (Å²) in [4.78, 5) is 21.9. The van der Waals surface area contributed by atoms with Gasteiger partial charge in [0.15, 0.2) is 6.29 Å². The van der Waals surface area contributed by atoms with Crippen LogP contribution < -0.4 is 10.6 Å². The predicted molar refractivity (Wildman–Crippen MR) is 122 cm³/mol. The molecule has 1 saturated heterocycles. The molecule has 1 aromatic carbocycles. The number of alkyl halides is 2. The number of fused-ring (bicyclic) bond motifs is 1. The van der Waals surface area contributed by atoms with Crippen molar-refractivity contribution in [3.63, 3.8) is 0 Å². The summed E-state index contributed by atoms with van der Waals surface area (Å²) >= 11 is 0. The van der Waals surface area contributed by atoms with Crippen LogP contribution in [0.15, 0.2) is 18.2 Å². The molecular formula is C25H30F2N4O3. The average Bonchev–Trinajstić information content (AvgIpc) is 3.14. The van der Waals surface area contributed by atoms with Crippen molar-refractivity contribution >= 4 is 11.7 Å². The van der Waals surface area contributed by atoms with Gasteiger partial charge in [-0.2, -0.15) is 0 Å². The van der Waals surface area contributed by atoms with Crippen LogP contribution in [0.3, 0.4) is 0 Å². The lowest BCUT2D eigenvalue weighted by Crippen LogP contribution is -2.36. The zero-order valence-corrected chi connectivity index (χ0v) is 19.7. The van der Waals surface area contributed by atoms with Crippen molar-refractivity contribution in [3.05, 3.63) is 52.0 Å². The molecule has 3 aliphatic rings. The number of anilines is 1. The number of aromatic nitrogens is 2. The zero-order valence-electron chi connectivity index (χ0n) is 19.7. The topological polar surface area (TPSA) is 85.4 Å². The van der Waals surface area contributed by atoms with Crippen LogP contribution in [0.1, 0.15) is 79.2 Å². The molecule has 2 aliphatic carbocycles. The van der Waals surface area contributed by atoms with E-state index in [1.54, 1.807) is 13.0 Å². The normalized spacial score (nSPS) is 21.2. The van der Waals surface area contributed by atoms with E-state index >= 15 is 0 Å². The van der Waals surface area contributed by atoms with E-state index in [0.717, 1.165) is 18.4 Å². The van der Waals surface area contributed by atoms with Gasteiger partial charge in [0.2, 0.25) is 5.91 Å². The Morgan fingerprint density at radius 2 is 1.94 bits per heavy atom. The van der Waals surface area contributed by atoms with Gasteiger partial charge in [-0.3, -0.25) is 4.79 Å². The summed E-state index contributed by atoms with van der Waals surface area (Å²) in [6.45, 7) is 6.57. The fraction of sp³-hybridized carbons (Fsp3) is 0.560. The molecule has 34 heavy (non-hydrogen) atoms. The van der Waals surface area contributed by atoms with Crippen molar-refractivity contribution in [1.82, 2.24) is 15.3 Å². The Balaban J connectivity index is 1.47. The predicted octanol–water partition coefficient (Wildman–Crippen LogP) is 4.25. The number of benzene rings is 1. The summed E-state index contributed by atoms with van der Waals surface area (Å²) < 4.78 is 40.2. The Hall–Kier alpha value is -2.65. The molecule has 1 aromatic heterocycles. The van der Waals surface area contributed by atoms with Crippen molar-refractivity contribution in [2.75, 3.05) is 18.5 Å². The molecular weight excluding hydrogens is 442 g/mol. The standard InChI is InChI=1S/C25H30F2N4O3/c1-14(16-5-4-6-18-17(16)7-8-25(18,26)27)28-22-21(23-33-11-12-34-23)19(29-15(2)30-22)13-20(32)31-24(3)9-10-24/h4-6,14,23H,7-13H2,1-3H3,(H,31,32)(H,28,29,30). The number of rotatable bonds is 7. The smallest absolute Gasteiger partial charge is 0.273 e. The third-order valence-electron chi connectivity index (χ3n) is 6.88. The largest absolute Gasteiger partial charge is 0.363 e. The minimum absolute atomic E-state index is 0.0769. The third kappa shape index (κ3) is 4.51. The number of aryl methyl sites for hydroxylation is 1. The summed E-state index contributed by atoms with van der Waals surface area (Å²) in [6, 6.07) is 4.76. The molecule has 2 heterocycles. The minimum Gasteiger partial charge on any atom is -0.363 e. The molecule has 0 radical (unpaired) electrons. The SMILES string of the molecule is Cc1nc(CC(=O)NC2(C)CC2)c(C2OCCO2)c(NC(C)c2cccc3c2CCC3(F)F)n1. The minimum atomic E-state index is -2.80. The van der Waals surface area contributed by atoms with Crippen LogP contribution >= 0.6 is 0 Å². The fourth-order valence-corrected chi connectivity index (χ4v) is 4.83. The molecule has 1 aliphatic heterocycles. The maximum atomic E-state index is 14.3. The van der Waals surface area contributed by atoms with Gasteiger partial charge in [0.05, 0.1) is 36.9 Å². The summed E-state index contributed by atoms with van der Waals surface area (Å²) in [5.41, 5.74) is 2.60. The third-order valence-corrected chi connectivity index (χ3v) is 6.88. The lowest BCUT2D eigenvalue weighted by atomic mass is 9.97. The van der Waals surface area contributed by atoms with E-state index in [2.05, 4.69) is 20.6 Å². The molecule has 1 atom stereocenters. The number of carbonyl (C=O) groups is 1. The Kier molecular flexibility index (Phi) is 5.80. The number of carbonyl (C=O) groups excluding carboxylic acids is 1. The van der Waals surface area contributed by atoms with E-state index in [1.165, 1.54) is 6.07 Å². The van der Waals surface area contributed by atoms with E-state index in [1.807, 2.05) is 19.9 Å². The van der Waals surface area contributed by atoms with E-state index in [4.69, 9.17) is 9.47 Å². The fourth-order valence-electron chi connectivity index (χ4n) is 4.83. The van der Waals surface area contributed by atoms with Gasteiger partial charge in [-0.25, -0.2) is 18.7 Å². The first-order valence-corrected chi connectivity index (χ1v) is 11.8. The molecule has 0 bridgehead atoms. The summed E-state index contributed by atoms with van der Waals surface area (Å²) in [7, 11) is 0. The molecule has 5 rings (SSSR count). The van der Waals surface area contributed by atoms with Crippen molar-refractivity contribution in [3.8, 4) is 0 Å². The Morgan fingerprint density at radius 3 is 2.65 bits per heavy atom.